The van der Waals surface area contributed by atoms with Crippen molar-refractivity contribution in [2.45, 2.75) is 65.9 Å². The van der Waals surface area contributed by atoms with Gasteiger partial charge in [0.2, 0.25) is 5.91 Å². The van der Waals surface area contributed by atoms with Crippen molar-refractivity contribution in [1.82, 2.24) is 5.32 Å². The highest BCUT2D eigenvalue weighted by Crippen LogP contribution is 2.43. The van der Waals surface area contributed by atoms with Crippen molar-refractivity contribution in [3.63, 3.8) is 0 Å². The molecular weight excluding hydrogens is 484 g/mol. The lowest BCUT2D eigenvalue weighted by molar-refractivity contribution is -0.118. The van der Waals surface area contributed by atoms with Crippen LogP contribution < -0.4 is 10.6 Å². The van der Waals surface area contributed by atoms with E-state index in [9.17, 15) is 9.59 Å². The summed E-state index contributed by atoms with van der Waals surface area (Å²) in [6, 6.07) is 16.4. The zero-order valence-electron chi connectivity index (χ0n) is 23.9. The molecule has 2 aromatic carbocycles. The summed E-state index contributed by atoms with van der Waals surface area (Å²) in [7, 11) is 0. The number of allylic oxidation sites excluding steroid dienone is 4. The SMILES string of the molecule is C=C(C)c1ccc(NC(=O)C2=C(C3C=CC(NC(C)=O)=CC3)OC(c3ccc(C(C)(C)C)cc3)C(C)C2)cc1.[HH].[HH]. The van der Waals surface area contributed by atoms with Crippen molar-refractivity contribution in [3.8, 4) is 0 Å². The number of ether oxygens (including phenoxy) is 1. The third-order valence-electron chi connectivity index (χ3n) is 7.37. The first kappa shape index (κ1) is 28.2. The fraction of sp³-hybridized carbons (Fsp3) is 0.353. The monoisotopic (exact) mass is 528 g/mol. The Morgan fingerprint density at radius 1 is 1.00 bits per heavy atom. The van der Waals surface area contributed by atoms with Crippen LogP contribution >= 0.6 is 0 Å². The van der Waals surface area contributed by atoms with E-state index in [1.54, 1.807) is 0 Å². The topological polar surface area (TPSA) is 67.4 Å². The predicted molar refractivity (Wildman–Crippen MR) is 163 cm³/mol. The molecule has 1 heterocycles. The van der Waals surface area contributed by atoms with Crippen molar-refractivity contribution < 1.29 is 17.2 Å². The molecular formula is C34H44N2O3. The van der Waals surface area contributed by atoms with E-state index in [1.165, 1.54) is 12.5 Å². The number of amides is 2. The maximum Gasteiger partial charge on any atom is 0.255 e. The van der Waals surface area contributed by atoms with Gasteiger partial charge in [-0.1, -0.05) is 88.4 Å². The Morgan fingerprint density at radius 2 is 1.67 bits per heavy atom. The van der Waals surface area contributed by atoms with Crippen LogP contribution in [0.5, 0.6) is 0 Å². The Labute approximate surface area is 235 Å². The lowest BCUT2D eigenvalue weighted by Crippen LogP contribution is -2.30. The third kappa shape index (κ3) is 6.78. The molecule has 2 amide bonds. The van der Waals surface area contributed by atoms with E-state index in [2.05, 4.69) is 69.2 Å². The van der Waals surface area contributed by atoms with E-state index in [-0.39, 0.29) is 38.0 Å². The summed E-state index contributed by atoms with van der Waals surface area (Å²) >= 11 is 0. The standard InChI is InChI=1S/C34H40N2O3.2H2/c1-21(2)24-10-16-29(17-11-24)36-33(38)30-20-22(3)31(25-8-14-27(15-9-25)34(5,6)7)39-32(30)26-12-18-28(19-13-26)35-23(4)37;;/h8-12,14-19,22,26,31H,1,13,20H2,2-7H3,(H,35,37)(H,36,38);2*1H. The second kappa shape index (κ2) is 11.5. The first-order chi connectivity index (χ1) is 18.4. The van der Waals surface area contributed by atoms with Crippen LogP contribution in [0.4, 0.5) is 5.69 Å². The average molecular weight is 529 g/mol. The zero-order chi connectivity index (χ0) is 28.3. The minimum Gasteiger partial charge on any atom is -0.489 e. The number of hydrogen-bond acceptors (Lipinski definition) is 3. The molecule has 208 valence electrons. The molecule has 5 nitrogen and oxygen atoms in total. The van der Waals surface area contributed by atoms with Crippen molar-refractivity contribution in [2.75, 3.05) is 5.32 Å². The number of hydrogen-bond donors (Lipinski definition) is 2. The van der Waals surface area contributed by atoms with Gasteiger partial charge in [-0.3, -0.25) is 9.59 Å². The second-order valence-electron chi connectivity index (χ2n) is 11.8. The average Bonchev–Trinajstić information content (AvgIpc) is 2.88. The first-order valence-electron chi connectivity index (χ1n) is 13.7. The first-order valence-corrected chi connectivity index (χ1v) is 13.7. The smallest absolute Gasteiger partial charge is 0.255 e. The highest BCUT2D eigenvalue weighted by atomic mass is 16.5. The highest BCUT2D eigenvalue weighted by molar-refractivity contribution is 6.04. The fourth-order valence-corrected chi connectivity index (χ4v) is 5.09. The zero-order valence-corrected chi connectivity index (χ0v) is 23.9. The van der Waals surface area contributed by atoms with Crippen LogP contribution in [0.2, 0.25) is 0 Å². The molecule has 4 rings (SSSR count). The van der Waals surface area contributed by atoms with E-state index >= 15 is 0 Å². The summed E-state index contributed by atoms with van der Waals surface area (Å²) in [5.41, 5.74) is 6.63. The summed E-state index contributed by atoms with van der Waals surface area (Å²) in [5, 5.41) is 5.91. The molecule has 0 saturated heterocycles. The maximum atomic E-state index is 13.6. The molecule has 0 bridgehead atoms. The van der Waals surface area contributed by atoms with Gasteiger partial charge < -0.3 is 15.4 Å². The third-order valence-corrected chi connectivity index (χ3v) is 7.37. The summed E-state index contributed by atoms with van der Waals surface area (Å²) in [4.78, 5) is 25.1. The quantitative estimate of drug-likeness (QED) is 0.398. The Morgan fingerprint density at radius 3 is 2.21 bits per heavy atom. The Kier molecular flexibility index (Phi) is 8.29. The lowest BCUT2D eigenvalue weighted by Gasteiger charge is -2.36. The minimum atomic E-state index is -0.158. The van der Waals surface area contributed by atoms with E-state index in [0.29, 0.717) is 24.2 Å². The second-order valence-corrected chi connectivity index (χ2v) is 11.8. The number of nitrogens with one attached hydrogen (secondary N) is 2. The summed E-state index contributed by atoms with van der Waals surface area (Å²) in [6.07, 6.45) is 6.97. The van der Waals surface area contributed by atoms with E-state index in [0.717, 1.165) is 28.1 Å². The number of carbonyl (C=O) groups excluding carboxylic acids is 2. The Hall–Kier alpha value is -3.86. The van der Waals surface area contributed by atoms with Crippen molar-refractivity contribution >= 4 is 23.1 Å². The molecule has 2 aliphatic rings. The largest absolute Gasteiger partial charge is 0.489 e. The van der Waals surface area contributed by atoms with Gasteiger partial charge in [-0.25, -0.2) is 0 Å². The fourth-order valence-electron chi connectivity index (χ4n) is 5.09. The molecule has 3 unspecified atom stereocenters. The van der Waals surface area contributed by atoms with Crippen molar-refractivity contribution in [3.05, 3.63) is 107 Å². The molecule has 5 heteroatoms. The van der Waals surface area contributed by atoms with Crippen LogP contribution in [0.3, 0.4) is 0 Å². The molecule has 2 aromatic rings. The van der Waals surface area contributed by atoms with Gasteiger partial charge in [-0.05, 0) is 60.1 Å². The molecule has 0 radical (unpaired) electrons. The van der Waals surface area contributed by atoms with Gasteiger partial charge in [0.05, 0.1) is 5.57 Å². The van der Waals surface area contributed by atoms with Crippen LogP contribution in [-0.4, -0.2) is 11.8 Å². The highest BCUT2D eigenvalue weighted by Gasteiger charge is 2.36. The molecule has 1 aliphatic carbocycles. The van der Waals surface area contributed by atoms with Gasteiger partial charge in [0, 0.05) is 33.0 Å². The number of benzene rings is 2. The van der Waals surface area contributed by atoms with Crippen molar-refractivity contribution in [1.29, 1.82) is 0 Å². The molecule has 0 fully saturated rings. The van der Waals surface area contributed by atoms with Gasteiger partial charge in [0.25, 0.3) is 5.91 Å². The van der Waals surface area contributed by atoms with Crippen LogP contribution in [0.15, 0.2) is 90.4 Å². The van der Waals surface area contributed by atoms with E-state index in [1.807, 2.05) is 49.4 Å². The molecule has 0 aromatic heterocycles. The van der Waals surface area contributed by atoms with Crippen LogP contribution in [-0.2, 0) is 19.7 Å². The van der Waals surface area contributed by atoms with Crippen LogP contribution in [0.25, 0.3) is 5.57 Å². The molecule has 39 heavy (non-hydrogen) atoms. The van der Waals surface area contributed by atoms with Gasteiger partial charge in [-0.15, -0.1) is 0 Å². The number of anilines is 1. The summed E-state index contributed by atoms with van der Waals surface area (Å²) in [5.74, 6) is 0.453. The van der Waals surface area contributed by atoms with Crippen molar-refractivity contribution in [2.24, 2.45) is 11.8 Å². The predicted octanol–water partition coefficient (Wildman–Crippen LogP) is 8.10. The normalized spacial score (nSPS) is 21.1. The van der Waals surface area contributed by atoms with Crippen LogP contribution in [0.1, 0.15) is 80.0 Å². The Bertz CT molecular complexity index is 1350. The van der Waals surface area contributed by atoms with Gasteiger partial charge in [-0.2, -0.15) is 0 Å². The molecule has 0 spiro atoms. The van der Waals surface area contributed by atoms with Gasteiger partial charge in [0.15, 0.2) is 0 Å². The Balaban J connectivity index is 0.00000294. The minimum absolute atomic E-state index is 0. The van der Waals surface area contributed by atoms with Gasteiger partial charge in [0.1, 0.15) is 11.9 Å². The summed E-state index contributed by atoms with van der Waals surface area (Å²) < 4.78 is 6.73. The van der Waals surface area contributed by atoms with E-state index in [4.69, 9.17) is 4.74 Å². The molecule has 1 aliphatic heterocycles. The molecule has 0 saturated carbocycles. The lowest BCUT2D eigenvalue weighted by atomic mass is 9.82. The van der Waals surface area contributed by atoms with E-state index < -0.39 is 0 Å². The number of carbonyl (C=O) groups is 2. The molecule has 3 atom stereocenters. The maximum absolute atomic E-state index is 13.6. The molecule has 2 N–H and O–H groups in total. The summed E-state index contributed by atoms with van der Waals surface area (Å²) in [6.45, 7) is 16.2. The van der Waals surface area contributed by atoms with Gasteiger partial charge >= 0.3 is 0 Å². The number of rotatable bonds is 6. The van der Waals surface area contributed by atoms with Crippen LogP contribution in [0, 0.1) is 11.8 Å².